The number of hydrogen-bond acceptors (Lipinski definition) is 0. The number of allylic oxidation sites excluding steroid dienone is 4. The Morgan fingerprint density at radius 1 is 0.531 bits per heavy atom. The van der Waals surface area contributed by atoms with Crippen molar-refractivity contribution in [3.63, 3.8) is 0 Å². The Morgan fingerprint density at radius 2 is 0.750 bits per heavy atom. The molecule has 0 aliphatic heterocycles. The molecule has 0 saturated heterocycles. The first-order valence-corrected chi connectivity index (χ1v) is 9.36. The van der Waals surface area contributed by atoms with Gasteiger partial charge in [0, 0.05) is 43.1 Å². The average Bonchev–Trinajstić information content (AvgIpc) is 2.68. The van der Waals surface area contributed by atoms with Gasteiger partial charge in [-0.1, -0.05) is 36.4 Å². The molecule has 0 saturated carbocycles. The molecule has 2 aromatic rings. The molecule has 0 unspecified atom stereocenters. The molecule has 2 aromatic carbocycles. The van der Waals surface area contributed by atoms with Crippen LogP contribution in [0.2, 0.25) is 0 Å². The van der Waals surface area contributed by atoms with Crippen molar-refractivity contribution in [1.29, 1.82) is 0 Å². The smallest absolute Gasteiger partial charge is 0.418 e. The molecule has 2 bridgehead atoms. The van der Waals surface area contributed by atoms with Gasteiger partial charge in [-0.15, -0.1) is 0 Å². The molecule has 0 fully saturated rings. The molecular weight excluding hydrogens is 619 g/mol. The van der Waals surface area contributed by atoms with E-state index in [2.05, 4.69) is 39.8 Å². The van der Waals surface area contributed by atoms with Gasteiger partial charge in [0.05, 0.1) is 0 Å². The molecule has 0 amide bonds. The van der Waals surface area contributed by atoms with E-state index in [9.17, 15) is 34.8 Å². The molecule has 10 heteroatoms. The number of rotatable bonds is 0. The van der Waals surface area contributed by atoms with Gasteiger partial charge in [0.2, 0.25) is 0 Å². The standard InChI is InChI=1S/C12H6F4.C10H14.BF4.Ir/c13-9-7-5-1-2-6(4-3-5)8(7)10(14)12(16)11(9)15;1-7-5-9(3)10(4)6-8(7)2;2-1(3,4)5;/h1-6H;5-6H,1-4H3;;/q;;-1;. The second kappa shape index (κ2) is 10.8. The molecule has 3 aliphatic carbocycles. The maximum Gasteiger partial charge on any atom is 0.673 e. The molecule has 0 N–H and O–H groups in total. The number of hydrogen-bond donors (Lipinski definition) is 0. The van der Waals surface area contributed by atoms with Gasteiger partial charge in [0.15, 0.2) is 23.3 Å². The van der Waals surface area contributed by atoms with Crippen molar-refractivity contribution in [2.45, 2.75) is 39.5 Å². The Kier molecular flexibility index (Phi) is 9.48. The fourth-order valence-electron chi connectivity index (χ4n) is 3.41. The summed E-state index contributed by atoms with van der Waals surface area (Å²) in [4.78, 5) is 0. The quantitative estimate of drug-likeness (QED) is 0.0909. The Labute approximate surface area is 194 Å². The molecule has 1 radical (unpaired) electrons. The third-order valence-electron chi connectivity index (χ3n) is 5.17. The molecule has 0 heterocycles. The molecule has 32 heavy (non-hydrogen) atoms. The van der Waals surface area contributed by atoms with E-state index in [0.29, 0.717) is 0 Å². The van der Waals surface area contributed by atoms with Crippen LogP contribution in [0.4, 0.5) is 34.8 Å². The van der Waals surface area contributed by atoms with Gasteiger partial charge >= 0.3 is 7.25 Å². The molecule has 0 aromatic heterocycles. The van der Waals surface area contributed by atoms with Crippen molar-refractivity contribution in [1.82, 2.24) is 0 Å². The van der Waals surface area contributed by atoms with Gasteiger partial charge in [-0.25, -0.2) is 17.6 Å². The summed E-state index contributed by atoms with van der Waals surface area (Å²) in [6.45, 7) is 8.62. The number of halogens is 8. The molecule has 3 aliphatic rings. The topological polar surface area (TPSA) is 0 Å². The van der Waals surface area contributed by atoms with Crippen LogP contribution < -0.4 is 0 Å². The van der Waals surface area contributed by atoms with Crippen LogP contribution in [0.25, 0.3) is 0 Å². The van der Waals surface area contributed by atoms with E-state index in [4.69, 9.17) is 0 Å². The van der Waals surface area contributed by atoms with Gasteiger partial charge in [0.1, 0.15) is 0 Å². The van der Waals surface area contributed by atoms with Gasteiger partial charge in [-0.2, -0.15) is 0 Å². The monoisotopic (exact) mass is 640 g/mol. The van der Waals surface area contributed by atoms with Gasteiger partial charge in [-0.05, 0) is 49.9 Å². The van der Waals surface area contributed by atoms with E-state index in [0.717, 1.165) is 0 Å². The molecule has 5 rings (SSSR count). The molecular formula is C22H20BF8Ir-. The second-order valence-corrected chi connectivity index (χ2v) is 7.42. The third kappa shape index (κ3) is 6.54. The van der Waals surface area contributed by atoms with Crippen molar-refractivity contribution >= 4 is 7.25 Å². The van der Waals surface area contributed by atoms with Crippen molar-refractivity contribution < 1.29 is 54.9 Å². The second-order valence-electron chi connectivity index (χ2n) is 7.42. The molecule has 177 valence electrons. The Hall–Kier alpha value is -1.93. The minimum absolute atomic E-state index is 0. The predicted molar refractivity (Wildman–Crippen MR) is 106 cm³/mol. The van der Waals surface area contributed by atoms with Crippen LogP contribution in [0.1, 0.15) is 45.2 Å². The number of benzene rings is 2. The largest absolute Gasteiger partial charge is 0.673 e. The van der Waals surface area contributed by atoms with Crippen LogP contribution in [0, 0.1) is 51.0 Å². The first kappa shape index (κ1) is 28.1. The SMILES string of the molecule is Cc1cc(C)c(C)cc1C.F[B-](F)(F)F.Fc1c(F)c(F)c2c(c1F)C1C=CC2C=C1.[Ir]. The maximum absolute atomic E-state index is 13.5. The van der Waals surface area contributed by atoms with E-state index < -0.39 is 42.4 Å². The molecule has 0 nitrogen and oxygen atoms in total. The van der Waals surface area contributed by atoms with Crippen LogP contribution in [-0.2, 0) is 20.1 Å². The van der Waals surface area contributed by atoms with Gasteiger partial charge in [-0.3, -0.25) is 0 Å². The minimum Gasteiger partial charge on any atom is -0.418 e. The van der Waals surface area contributed by atoms with Gasteiger partial charge in [0.25, 0.3) is 0 Å². The Bertz CT molecular complexity index is 926. The summed E-state index contributed by atoms with van der Waals surface area (Å²) >= 11 is 0. The van der Waals surface area contributed by atoms with Crippen molar-refractivity contribution in [2.24, 2.45) is 0 Å². The van der Waals surface area contributed by atoms with Crippen molar-refractivity contribution in [3.05, 3.63) is 93.1 Å². The van der Waals surface area contributed by atoms with Crippen molar-refractivity contribution in [2.75, 3.05) is 0 Å². The number of aryl methyl sites for hydroxylation is 4. The zero-order valence-corrected chi connectivity index (χ0v) is 19.9. The molecule has 0 spiro atoms. The first-order chi connectivity index (χ1) is 14.2. The molecule has 0 atom stereocenters. The Morgan fingerprint density at radius 3 is 0.969 bits per heavy atom. The summed E-state index contributed by atoms with van der Waals surface area (Å²) in [5.74, 6) is -7.01. The van der Waals surface area contributed by atoms with Gasteiger partial charge < -0.3 is 17.3 Å². The van der Waals surface area contributed by atoms with E-state index in [1.807, 2.05) is 0 Å². The average molecular weight is 639 g/mol. The van der Waals surface area contributed by atoms with Crippen LogP contribution in [-0.4, -0.2) is 7.25 Å². The van der Waals surface area contributed by atoms with Crippen LogP contribution in [0.3, 0.4) is 0 Å². The zero-order chi connectivity index (χ0) is 23.7. The summed E-state index contributed by atoms with van der Waals surface area (Å²) in [5.41, 5.74) is 5.41. The Balaban J connectivity index is 0.000000276. The van der Waals surface area contributed by atoms with Crippen molar-refractivity contribution in [3.8, 4) is 0 Å². The van der Waals surface area contributed by atoms with Crippen LogP contribution in [0.15, 0.2) is 36.4 Å². The van der Waals surface area contributed by atoms with E-state index in [1.165, 1.54) is 22.3 Å². The third-order valence-corrected chi connectivity index (χ3v) is 5.17. The minimum atomic E-state index is -6.00. The van der Waals surface area contributed by atoms with E-state index in [-0.39, 0.29) is 31.2 Å². The fraction of sp³-hybridized carbons (Fsp3) is 0.273. The summed E-state index contributed by atoms with van der Waals surface area (Å²) < 4.78 is 92.2. The van der Waals surface area contributed by atoms with Crippen LogP contribution >= 0.6 is 0 Å². The predicted octanol–water partition coefficient (Wildman–Crippen LogP) is 7.77. The summed E-state index contributed by atoms with van der Waals surface area (Å²) in [6, 6.07) is 4.48. The first-order valence-electron chi connectivity index (χ1n) is 9.36. The fourth-order valence-corrected chi connectivity index (χ4v) is 3.41. The maximum atomic E-state index is 13.5. The van der Waals surface area contributed by atoms with Crippen LogP contribution in [0.5, 0.6) is 0 Å². The van der Waals surface area contributed by atoms with E-state index in [1.54, 1.807) is 24.3 Å². The normalized spacial score (nSPS) is 17.5. The summed E-state index contributed by atoms with van der Waals surface area (Å²) in [6.07, 6.45) is 6.64. The summed E-state index contributed by atoms with van der Waals surface area (Å²) in [7, 11) is -6.00. The zero-order valence-electron chi connectivity index (χ0n) is 17.6. The van der Waals surface area contributed by atoms with E-state index >= 15 is 0 Å². The summed E-state index contributed by atoms with van der Waals surface area (Å²) in [5, 5.41) is 0.